The molecule has 6 heteroatoms. The Kier molecular flexibility index (Phi) is 3.65. The zero-order chi connectivity index (χ0) is 15.0. The first kappa shape index (κ1) is 14.0. The van der Waals surface area contributed by atoms with Crippen molar-refractivity contribution in [2.75, 3.05) is 38.5 Å². The Morgan fingerprint density at radius 3 is 2.86 bits per heavy atom. The smallest absolute Gasteiger partial charge is 0.263 e. The molecule has 1 saturated heterocycles. The third-order valence-corrected chi connectivity index (χ3v) is 4.09. The van der Waals surface area contributed by atoms with Gasteiger partial charge in [0.1, 0.15) is 0 Å². The van der Waals surface area contributed by atoms with E-state index in [1.165, 1.54) is 4.90 Å². The highest BCUT2D eigenvalue weighted by atomic mass is 16.5. The molecule has 6 nitrogen and oxygen atoms in total. The fourth-order valence-electron chi connectivity index (χ4n) is 2.91. The highest BCUT2D eigenvalue weighted by Crippen LogP contribution is 2.28. The van der Waals surface area contributed by atoms with E-state index < -0.39 is 0 Å². The molecular weight excluding hydrogens is 270 g/mol. The number of anilines is 1. The van der Waals surface area contributed by atoms with Crippen molar-refractivity contribution in [3.05, 3.63) is 29.3 Å². The Morgan fingerprint density at radius 2 is 2.14 bits per heavy atom. The molecule has 0 spiro atoms. The molecule has 3 rings (SSSR count). The van der Waals surface area contributed by atoms with Crippen molar-refractivity contribution in [1.29, 1.82) is 0 Å². The van der Waals surface area contributed by atoms with Crippen LogP contribution < -0.4 is 5.73 Å². The largest absolute Gasteiger partial charge is 0.398 e. The van der Waals surface area contributed by atoms with Crippen molar-refractivity contribution < 1.29 is 14.3 Å². The summed E-state index contributed by atoms with van der Waals surface area (Å²) in [7, 11) is 0. The van der Waals surface area contributed by atoms with Crippen LogP contribution in [0.25, 0.3) is 0 Å². The number of nitrogen functional groups attached to an aromatic ring is 1. The average molecular weight is 289 g/mol. The maximum atomic E-state index is 12.4. The molecule has 1 aromatic carbocycles. The summed E-state index contributed by atoms with van der Waals surface area (Å²) in [4.78, 5) is 28.3. The number of carbonyl (C=O) groups is 2. The molecule has 1 fully saturated rings. The van der Waals surface area contributed by atoms with Crippen LogP contribution in [0.4, 0.5) is 5.69 Å². The third-order valence-electron chi connectivity index (χ3n) is 4.09. The van der Waals surface area contributed by atoms with E-state index in [9.17, 15) is 9.59 Å². The van der Waals surface area contributed by atoms with Crippen LogP contribution in [0.2, 0.25) is 0 Å². The molecule has 2 N–H and O–H groups in total. The number of fused-ring (bicyclic) bond motifs is 1. The molecule has 0 bridgehead atoms. The molecule has 0 saturated carbocycles. The van der Waals surface area contributed by atoms with Crippen molar-refractivity contribution in [1.82, 2.24) is 9.80 Å². The van der Waals surface area contributed by atoms with Gasteiger partial charge in [-0.05, 0) is 18.7 Å². The number of benzene rings is 1. The molecule has 1 atom stereocenters. The van der Waals surface area contributed by atoms with Gasteiger partial charge in [0.15, 0.2) is 0 Å². The van der Waals surface area contributed by atoms with E-state index in [2.05, 4.69) is 11.8 Å². The molecule has 2 heterocycles. The second-order valence-electron chi connectivity index (χ2n) is 5.38. The van der Waals surface area contributed by atoms with Gasteiger partial charge in [0, 0.05) is 18.8 Å². The summed E-state index contributed by atoms with van der Waals surface area (Å²) >= 11 is 0. The number of imide groups is 1. The summed E-state index contributed by atoms with van der Waals surface area (Å²) < 4.78 is 5.68. The van der Waals surface area contributed by atoms with Gasteiger partial charge in [-0.3, -0.25) is 19.4 Å². The minimum atomic E-state index is -0.315. The summed E-state index contributed by atoms with van der Waals surface area (Å²) in [6.07, 6.45) is -0.137. The molecule has 1 aromatic rings. The Balaban J connectivity index is 1.78. The molecule has 2 amide bonds. The number of amides is 2. The zero-order valence-corrected chi connectivity index (χ0v) is 12.0. The minimum absolute atomic E-state index is 0.137. The number of carbonyl (C=O) groups excluding carboxylic acids is 2. The number of nitrogens with two attached hydrogens (primary N) is 1. The summed E-state index contributed by atoms with van der Waals surface area (Å²) in [5.74, 6) is -0.593. The first-order valence-electron chi connectivity index (χ1n) is 7.20. The van der Waals surface area contributed by atoms with E-state index in [0.29, 0.717) is 23.4 Å². The van der Waals surface area contributed by atoms with E-state index in [4.69, 9.17) is 10.5 Å². The normalized spacial score (nSPS) is 22.7. The lowest BCUT2D eigenvalue weighted by molar-refractivity contribution is -0.0359. The Labute approximate surface area is 123 Å². The van der Waals surface area contributed by atoms with Crippen molar-refractivity contribution in [3.8, 4) is 0 Å². The van der Waals surface area contributed by atoms with Gasteiger partial charge < -0.3 is 10.5 Å². The van der Waals surface area contributed by atoms with E-state index in [0.717, 1.165) is 19.6 Å². The maximum Gasteiger partial charge on any atom is 0.263 e. The highest BCUT2D eigenvalue weighted by Gasteiger charge is 2.38. The summed E-state index contributed by atoms with van der Waals surface area (Å²) in [6.45, 7) is 5.56. The van der Waals surface area contributed by atoms with Crippen LogP contribution >= 0.6 is 0 Å². The van der Waals surface area contributed by atoms with E-state index in [1.807, 2.05) is 0 Å². The van der Waals surface area contributed by atoms with Crippen LogP contribution in [0, 0.1) is 0 Å². The van der Waals surface area contributed by atoms with Crippen molar-refractivity contribution in [2.45, 2.75) is 13.0 Å². The predicted octanol–water partition coefficient (Wildman–Crippen LogP) is 0.586. The van der Waals surface area contributed by atoms with Gasteiger partial charge >= 0.3 is 0 Å². The lowest BCUT2D eigenvalue weighted by atomic mass is 10.1. The number of morpholine rings is 1. The molecule has 2 aliphatic heterocycles. The van der Waals surface area contributed by atoms with Gasteiger partial charge in [0.05, 0.1) is 30.4 Å². The van der Waals surface area contributed by atoms with Crippen molar-refractivity contribution >= 4 is 17.5 Å². The van der Waals surface area contributed by atoms with Gasteiger partial charge in [-0.25, -0.2) is 0 Å². The predicted molar refractivity (Wildman–Crippen MR) is 78.1 cm³/mol. The van der Waals surface area contributed by atoms with Gasteiger partial charge in [0.25, 0.3) is 11.8 Å². The van der Waals surface area contributed by atoms with E-state index >= 15 is 0 Å². The Bertz CT molecular complexity index is 588. The van der Waals surface area contributed by atoms with Gasteiger partial charge in [-0.1, -0.05) is 13.0 Å². The number of hydrogen-bond acceptors (Lipinski definition) is 5. The summed E-state index contributed by atoms with van der Waals surface area (Å²) in [5.41, 5.74) is 6.90. The molecule has 112 valence electrons. The van der Waals surface area contributed by atoms with Crippen LogP contribution in [-0.4, -0.2) is 60.5 Å². The monoisotopic (exact) mass is 289 g/mol. The van der Waals surface area contributed by atoms with Gasteiger partial charge in [0.2, 0.25) is 0 Å². The minimum Gasteiger partial charge on any atom is -0.398 e. The molecule has 1 unspecified atom stereocenters. The van der Waals surface area contributed by atoms with Crippen LogP contribution in [0.5, 0.6) is 0 Å². The van der Waals surface area contributed by atoms with Gasteiger partial charge in [-0.15, -0.1) is 0 Å². The topological polar surface area (TPSA) is 75.9 Å². The van der Waals surface area contributed by atoms with Crippen LogP contribution in [0.1, 0.15) is 27.6 Å². The number of nitrogens with zero attached hydrogens (tertiary/aromatic N) is 2. The quantitative estimate of drug-likeness (QED) is 0.651. The third kappa shape index (κ3) is 2.41. The number of hydrogen-bond donors (Lipinski definition) is 1. The van der Waals surface area contributed by atoms with E-state index in [-0.39, 0.29) is 24.5 Å². The van der Waals surface area contributed by atoms with Crippen molar-refractivity contribution in [3.63, 3.8) is 0 Å². The summed E-state index contributed by atoms with van der Waals surface area (Å²) in [5, 5.41) is 0. The maximum absolute atomic E-state index is 12.4. The fourth-order valence-corrected chi connectivity index (χ4v) is 2.91. The van der Waals surface area contributed by atoms with Crippen LogP contribution in [0.3, 0.4) is 0 Å². The average Bonchev–Trinajstić information content (AvgIpc) is 2.74. The van der Waals surface area contributed by atoms with Gasteiger partial charge in [-0.2, -0.15) is 0 Å². The van der Waals surface area contributed by atoms with Crippen LogP contribution in [0.15, 0.2) is 18.2 Å². The number of rotatable bonds is 3. The summed E-state index contributed by atoms with van der Waals surface area (Å²) in [6, 6.07) is 4.98. The Hall–Kier alpha value is -1.92. The molecule has 0 aromatic heterocycles. The fraction of sp³-hybridized carbons (Fsp3) is 0.467. The number of likely N-dealkylation sites (N-methyl/N-ethyl adjacent to an activating group) is 1. The lowest BCUT2D eigenvalue weighted by Crippen LogP contribution is -2.48. The molecule has 21 heavy (non-hydrogen) atoms. The molecule has 0 aliphatic carbocycles. The molecule has 0 radical (unpaired) electrons. The zero-order valence-electron chi connectivity index (χ0n) is 12.0. The number of ether oxygens (including phenoxy) is 1. The first-order valence-corrected chi connectivity index (χ1v) is 7.20. The van der Waals surface area contributed by atoms with Crippen LogP contribution in [-0.2, 0) is 4.74 Å². The van der Waals surface area contributed by atoms with E-state index in [1.54, 1.807) is 18.2 Å². The highest BCUT2D eigenvalue weighted by molar-refractivity contribution is 6.23. The standard InChI is InChI=1S/C15H19N3O3/c1-2-17-6-7-21-10(8-17)9-18-14(19)11-4-3-5-12(16)13(11)15(18)20/h3-5,10H,2,6-9,16H2,1H3. The second-order valence-corrected chi connectivity index (χ2v) is 5.38. The SMILES string of the molecule is CCN1CCOC(CN2C(=O)c3cccc(N)c3C2=O)C1. The Morgan fingerprint density at radius 1 is 1.33 bits per heavy atom. The lowest BCUT2D eigenvalue weighted by Gasteiger charge is -2.33. The first-order chi connectivity index (χ1) is 10.1. The second kappa shape index (κ2) is 5.46. The molecule has 2 aliphatic rings. The van der Waals surface area contributed by atoms with Crippen molar-refractivity contribution in [2.24, 2.45) is 0 Å². The molecular formula is C15H19N3O3.